The van der Waals surface area contributed by atoms with Gasteiger partial charge in [-0.05, 0) is 17.0 Å². The van der Waals surface area contributed by atoms with Crippen molar-refractivity contribution in [2.24, 2.45) is 0 Å². The Morgan fingerprint density at radius 1 is 1.40 bits per heavy atom. The third-order valence-corrected chi connectivity index (χ3v) is 2.60. The van der Waals surface area contributed by atoms with Crippen molar-refractivity contribution in [3.63, 3.8) is 0 Å². The Balaban J connectivity index is 3.44. The van der Waals surface area contributed by atoms with Crippen LogP contribution in [0.5, 0.6) is 5.75 Å². The summed E-state index contributed by atoms with van der Waals surface area (Å²) in [6.07, 6.45) is 0.653. The minimum atomic E-state index is -0.204. The van der Waals surface area contributed by atoms with E-state index in [9.17, 15) is 9.90 Å². The number of aromatic hydroxyl groups is 1. The average molecular weight is 227 g/mol. The number of carbonyl (C=O) groups is 1. The third kappa shape index (κ3) is 2.51. The van der Waals surface area contributed by atoms with Crippen LogP contribution in [0.15, 0.2) is 12.1 Å². The van der Waals surface area contributed by atoms with Gasteiger partial charge in [-0.15, -0.1) is 11.6 Å². The molecule has 0 fully saturated rings. The molecular weight excluding hydrogens is 212 g/mol. The number of phenols is 1. The summed E-state index contributed by atoms with van der Waals surface area (Å²) in [4.78, 5) is 10.8. The van der Waals surface area contributed by atoms with E-state index in [0.29, 0.717) is 17.7 Å². The summed E-state index contributed by atoms with van der Waals surface area (Å²) in [5, 5.41) is 9.87. The quantitative estimate of drug-likeness (QED) is 0.621. The fraction of sp³-hybridized carbons (Fsp3) is 0.417. The first-order valence-corrected chi connectivity index (χ1v) is 5.31. The van der Waals surface area contributed by atoms with Crippen molar-refractivity contribution in [2.45, 2.75) is 32.1 Å². The largest absolute Gasteiger partial charge is 0.507 e. The number of aldehydes is 1. The fourth-order valence-electron chi connectivity index (χ4n) is 1.46. The van der Waals surface area contributed by atoms with Crippen molar-refractivity contribution in [1.29, 1.82) is 0 Å². The maximum atomic E-state index is 10.8. The van der Waals surface area contributed by atoms with Crippen LogP contribution in [0.4, 0.5) is 0 Å². The lowest BCUT2D eigenvalue weighted by Gasteiger charge is -2.22. The molecule has 0 atom stereocenters. The molecule has 3 heteroatoms. The second-order valence-corrected chi connectivity index (χ2v) is 4.85. The van der Waals surface area contributed by atoms with E-state index in [-0.39, 0.29) is 11.2 Å². The van der Waals surface area contributed by atoms with Gasteiger partial charge in [-0.1, -0.05) is 26.8 Å². The zero-order valence-electron chi connectivity index (χ0n) is 9.17. The van der Waals surface area contributed by atoms with E-state index in [1.54, 1.807) is 6.07 Å². The topological polar surface area (TPSA) is 37.3 Å². The summed E-state index contributed by atoms with van der Waals surface area (Å²) in [5.74, 6) is 0.399. The molecule has 0 radical (unpaired) electrons. The maximum absolute atomic E-state index is 10.8. The number of alkyl halides is 1. The molecule has 0 aliphatic rings. The molecule has 0 aliphatic carbocycles. The first-order chi connectivity index (χ1) is 6.90. The van der Waals surface area contributed by atoms with Gasteiger partial charge < -0.3 is 5.11 Å². The molecule has 0 saturated heterocycles. The van der Waals surface area contributed by atoms with Crippen molar-refractivity contribution in [3.05, 3.63) is 28.8 Å². The fourth-order valence-corrected chi connectivity index (χ4v) is 1.61. The third-order valence-electron chi connectivity index (χ3n) is 2.29. The molecule has 0 heterocycles. The van der Waals surface area contributed by atoms with Crippen LogP contribution < -0.4 is 0 Å². The molecule has 1 rings (SSSR count). The Morgan fingerprint density at radius 3 is 2.40 bits per heavy atom. The zero-order chi connectivity index (χ0) is 11.6. The average Bonchev–Trinajstić information content (AvgIpc) is 2.16. The van der Waals surface area contributed by atoms with Crippen LogP contribution in [-0.2, 0) is 11.3 Å². The Kier molecular flexibility index (Phi) is 3.40. The molecule has 0 aliphatic heterocycles. The minimum Gasteiger partial charge on any atom is -0.507 e. The molecule has 0 aromatic heterocycles. The van der Waals surface area contributed by atoms with Crippen molar-refractivity contribution < 1.29 is 9.90 Å². The van der Waals surface area contributed by atoms with Crippen molar-refractivity contribution >= 4 is 17.9 Å². The first kappa shape index (κ1) is 12.1. The molecule has 0 unspecified atom stereocenters. The molecule has 1 aromatic rings. The van der Waals surface area contributed by atoms with E-state index in [1.807, 2.05) is 26.8 Å². The van der Waals surface area contributed by atoms with E-state index < -0.39 is 0 Å². The van der Waals surface area contributed by atoms with E-state index >= 15 is 0 Å². The minimum absolute atomic E-state index is 0.0615. The van der Waals surface area contributed by atoms with Crippen molar-refractivity contribution in [1.82, 2.24) is 0 Å². The first-order valence-electron chi connectivity index (χ1n) is 4.77. The number of carbonyl (C=O) groups excluding carboxylic acids is 1. The molecule has 0 saturated carbocycles. The van der Waals surface area contributed by atoms with Crippen LogP contribution in [0, 0.1) is 0 Å². The van der Waals surface area contributed by atoms with E-state index in [2.05, 4.69) is 0 Å². The molecule has 82 valence electrons. The maximum Gasteiger partial charge on any atom is 0.153 e. The second kappa shape index (κ2) is 4.23. The summed E-state index contributed by atoms with van der Waals surface area (Å²) in [6, 6.07) is 3.46. The van der Waals surface area contributed by atoms with Crippen LogP contribution in [0.25, 0.3) is 0 Å². The van der Waals surface area contributed by atoms with Crippen LogP contribution >= 0.6 is 11.6 Å². The van der Waals surface area contributed by atoms with E-state index in [4.69, 9.17) is 11.6 Å². The van der Waals surface area contributed by atoms with Crippen LogP contribution in [0.2, 0.25) is 0 Å². The van der Waals surface area contributed by atoms with Crippen LogP contribution in [-0.4, -0.2) is 11.4 Å². The lowest BCUT2D eigenvalue weighted by atomic mass is 9.84. The van der Waals surface area contributed by atoms with Gasteiger partial charge in [-0.25, -0.2) is 0 Å². The van der Waals surface area contributed by atoms with Gasteiger partial charge in [0, 0.05) is 11.4 Å². The van der Waals surface area contributed by atoms with Gasteiger partial charge in [0.1, 0.15) is 5.75 Å². The SMILES string of the molecule is CC(C)(C)c1cc(CCl)cc(C=O)c1O. The highest BCUT2D eigenvalue weighted by atomic mass is 35.5. The summed E-state index contributed by atoms with van der Waals surface area (Å²) in [6.45, 7) is 5.94. The molecular formula is C12H15ClO2. The highest BCUT2D eigenvalue weighted by Crippen LogP contribution is 2.34. The number of hydrogen-bond acceptors (Lipinski definition) is 2. The Bertz CT molecular complexity index is 378. The highest BCUT2D eigenvalue weighted by Gasteiger charge is 2.20. The van der Waals surface area contributed by atoms with Gasteiger partial charge in [-0.2, -0.15) is 0 Å². The van der Waals surface area contributed by atoms with Gasteiger partial charge in [-0.3, -0.25) is 4.79 Å². The number of halogens is 1. The van der Waals surface area contributed by atoms with Gasteiger partial charge in [0.2, 0.25) is 0 Å². The molecule has 0 spiro atoms. The monoisotopic (exact) mass is 226 g/mol. The molecule has 1 aromatic carbocycles. The lowest BCUT2D eigenvalue weighted by molar-refractivity contribution is 0.112. The highest BCUT2D eigenvalue weighted by molar-refractivity contribution is 6.17. The predicted octanol–water partition coefficient (Wildman–Crippen LogP) is 3.24. The number of phenolic OH excluding ortho intramolecular Hbond substituents is 1. The second-order valence-electron chi connectivity index (χ2n) is 4.58. The molecule has 15 heavy (non-hydrogen) atoms. The number of rotatable bonds is 2. The number of benzene rings is 1. The van der Waals surface area contributed by atoms with E-state index in [1.165, 1.54) is 0 Å². The van der Waals surface area contributed by atoms with Crippen LogP contribution in [0.1, 0.15) is 42.3 Å². The van der Waals surface area contributed by atoms with Gasteiger partial charge in [0.15, 0.2) is 6.29 Å². The molecule has 1 N–H and O–H groups in total. The van der Waals surface area contributed by atoms with Gasteiger partial charge in [0.05, 0.1) is 5.56 Å². The zero-order valence-corrected chi connectivity index (χ0v) is 9.93. The normalized spacial score (nSPS) is 11.5. The van der Waals surface area contributed by atoms with Crippen molar-refractivity contribution in [3.8, 4) is 5.75 Å². The summed E-state index contributed by atoms with van der Waals surface area (Å²) in [7, 11) is 0. The van der Waals surface area contributed by atoms with Gasteiger partial charge in [0.25, 0.3) is 0 Å². The molecule has 2 nitrogen and oxygen atoms in total. The predicted molar refractivity (Wildman–Crippen MR) is 61.8 cm³/mol. The van der Waals surface area contributed by atoms with Crippen LogP contribution in [0.3, 0.4) is 0 Å². The standard InChI is InChI=1S/C12H15ClO2/c1-12(2,3)10-5-8(6-13)4-9(7-14)11(10)15/h4-5,7,15H,6H2,1-3H3. The Hall–Kier alpha value is -1.02. The summed E-state index contributed by atoms with van der Waals surface area (Å²) >= 11 is 5.73. The van der Waals surface area contributed by atoms with Crippen molar-refractivity contribution in [2.75, 3.05) is 0 Å². The molecule has 0 bridgehead atoms. The summed E-state index contributed by atoms with van der Waals surface area (Å²) < 4.78 is 0. The summed E-state index contributed by atoms with van der Waals surface area (Å²) in [5.41, 5.74) is 1.70. The lowest BCUT2D eigenvalue weighted by Crippen LogP contribution is -2.12. The molecule has 0 amide bonds. The Morgan fingerprint density at radius 2 is 2.00 bits per heavy atom. The van der Waals surface area contributed by atoms with E-state index in [0.717, 1.165) is 11.1 Å². The smallest absolute Gasteiger partial charge is 0.153 e. The number of hydrogen-bond donors (Lipinski definition) is 1. The Labute approximate surface area is 94.9 Å². The van der Waals surface area contributed by atoms with Gasteiger partial charge >= 0.3 is 0 Å².